The number of fused-ring (bicyclic) bond motifs is 2. The van der Waals surface area contributed by atoms with Crippen LogP contribution >= 0.6 is 0 Å². The molecule has 45 heavy (non-hydrogen) atoms. The molecule has 3 amide bonds. The fraction of sp³-hybridized carbons (Fsp3) is 0.429. The molecule has 0 radical (unpaired) electrons. The molecule has 2 N–H and O–H groups in total. The van der Waals surface area contributed by atoms with Gasteiger partial charge in [0.15, 0.2) is 0 Å². The van der Waals surface area contributed by atoms with Crippen LogP contribution in [0.5, 0.6) is 0 Å². The molecule has 2 fully saturated rings. The van der Waals surface area contributed by atoms with E-state index in [4.69, 9.17) is 9.47 Å². The number of amides is 3. The Kier molecular flexibility index (Phi) is 8.61. The number of hydrogen-bond donors (Lipinski definition) is 2. The van der Waals surface area contributed by atoms with Gasteiger partial charge < -0.3 is 29.7 Å². The number of carbonyl (C=O) groups excluding carboxylic acids is 4. The van der Waals surface area contributed by atoms with E-state index in [9.17, 15) is 24.3 Å². The van der Waals surface area contributed by atoms with Gasteiger partial charge in [-0.2, -0.15) is 0 Å². The van der Waals surface area contributed by atoms with Crippen molar-refractivity contribution >= 4 is 29.4 Å². The van der Waals surface area contributed by atoms with Crippen LogP contribution in [0.4, 0.5) is 5.69 Å². The quantitative estimate of drug-likeness (QED) is 0.393. The number of benzene rings is 2. The van der Waals surface area contributed by atoms with E-state index in [0.717, 1.165) is 16.8 Å². The zero-order chi connectivity index (χ0) is 31.7. The number of cyclic esters (lactones) is 1. The number of nitrogens with zero attached hydrogens (tertiary/aromatic N) is 2. The van der Waals surface area contributed by atoms with Crippen molar-refractivity contribution in [1.82, 2.24) is 10.2 Å². The summed E-state index contributed by atoms with van der Waals surface area (Å²) in [7, 11) is 0. The lowest BCUT2D eigenvalue weighted by Crippen LogP contribution is -2.55. The van der Waals surface area contributed by atoms with Crippen LogP contribution in [0.25, 0.3) is 0 Å². The summed E-state index contributed by atoms with van der Waals surface area (Å²) in [6.45, 7) is 4.20. The topological polar surface area (TPSA) is 125 Å². The van der Waals surface area contributed by atoms with Crippen LogP contribution < -0.4 is 10.2 Å². The number of likely N-dealkylation sites (tertiary alicyclic amines) is 1. The molecule has 2 aromatic rings. The lowest BCUT2D eigenvalue weighted by atomic mass is 9.77. The molecule has 0 aromatic heterocycles. The molecule has 0 aliphatic carbocycles. The molecular weight excluding hydrogens is 574 g/mol. The van der Waals surface area contributed by atoms with Gasteiger partial charge in [-0.05, 0) is 49.4 Å². The summed E-state index contributed by atoms with van der Waals surface area (Å²) in [6, 6.07) is 14.0. The lowest BCUT2D eigenvalue weighted by Gasteiger charge is -2.35. The van der Waals surface area contributed by atoms with Gasteiger partial charge >= 0.3 is 5.97 Å². The second-order valence-electron chi connectivity index (χ2n) is 12.2. The average molecular weight is 614 g/mol. The number of anilines is 1. The van der Waals surface area contributed by atoms with Gasteiger partial charge in [0.05, 0.1) is 18.6 Å². The summed E-state index contributed by atoms with van der Waals surface area (Å²) in [4.78, 5) is 58.9. The van der Waals surface area contributed by atoms with E-state index in [2.05, 4.69) is 5.32 Å². The first-order valence-corrected chi connectivity index (χ1v) is 15.6. The third-order valence-corrected chi connectivity index (χ3v) is 9.26. The van der Waals surface area contributed by atoms with E-state index in [0.29, 0.717) is 12.0 Å². The smallest absolute Gasteiger partial charge is 0.313 e. The van der Waals surface area contributed by atoms with Crippen molar-refractivity contribution in [2.75, 3.05) is 31.1 Å². The van der Waals surface area contributed by atoms with Crippen LogP contribution in [0.3, 0.4) is 0 Å². The first-order valence-electron chi connectivity index (χ1n) is 15.6. The van der Waals surface area contributed by atoms with Gasteiger partial charge in [-0.1, -0.05) is 66.8 Å². The first-order chi connectivity index (χ1) is 21.7. The fourth-order valence-corrected chi connectivity index (χ4v) is 7.11. The number of hydrogen-bond acceptors (Lipinski definition) is 7. The Hall–Kier alpha value is -4.28. The zero-order valence-corrected chi connectivity index (χ0v) is 25.6. The molecule has 10 heteroatoms. The maximum atomic E-state index is 14.6. The highest BCUT2D eigenvalue weighted by Crippen LogP contribution is 2.53. The van der Waals surface area contributed by atoms with E-state index >= 15 is 0 Å². The van der Waals surface area contributed by atoms with E-state index in [1.807, 2.05) is 68.5 Å². The van der Waals surface area contributed by atoms with Crippen molar-refractivity contribution in [1.29, 1.82) is 0 Å². The van der Waals surface area contributed by atoms with Crippen LogP contribution in [0.2, 0.25) is 0 Å². The highest BCUT2D eigenvalue weighted by molar-refractivity contribution is 6.06. The highest BCUT2D eigenvalue weighted by Gasteiger charge is 2.71. The lowest BCUT2D eigenvalue weighted by molar-refractivity contribution is -0.159. The Labute approximate surface area is 262 Å². The normalized spacial score (nSPS) is 30.8. The number of carbonyl (C=O) groups is 4. The number of aliphatic hydroxyl groups is 1. The molecule has 236 valence electrons. The Morgan fingerprint density at radius 3 is 2.60 bits per heavy atom. The molecule has 6 rings (SSSR count). The van der Waals surface area contributed by atoms with E-state index in [1.54, 1.807) is 23.1 Å². The number of aryl methyl sites for hydroxylation is 2. The van der Waals surface area contributed by atoms with Crippen LogP contribution in [-0.4, -0.2) is 77.7 Å². The van der Waals surface area contributed by atoms with Gasteiger partial charge in [0.25, 0.3) is 5.91 Å². The number of aliphatic hydroxyl groups excluding tert-OH is 1. The molecule has 6 atom stereocenters. The first kappa shape index (κ1) is 30.7. The van der Waals surface area contributed by atoms with E-state index < -0.39 is 41.7 Å². The summed E-state index contributed by atoms with van der Waals surface area (Å²) in [5.74, 6) is -3.58. The third-order valence-electron chi connectivity index (χ3n) is 9.26. The maximum Gasteiger partial charge on any atom is 0.313 e. The number of esters is 1. The molecular formula is C35H39N3O7. The van der Waals surface area contributed by atoms with Crippen LogP contribution in [-0.2, 0) is 28.7 Å². The summed E-state index contributed by atoms with van der Waals surface area (Å²) < 4.78 is 12.8. The highest BCUT2D eigenvalue weighted by atomic mass is 16.6. The second-order valence-corrected chi connectivity index (χ2v) is 12.2. The molecule has 4 aliphatic rings. The van der Waals surface area contributed by atoms with Crippen molar-refractivity contribution in [3.63, 3.8) is 0 Å². The van der Waals surface area contributed by atoms with Gasteiger partial charge in [0, 0.05) is 31.8 Å². The van der Waals surface area contributed by atoms with Crippen molar-refractivity contribution in [3.05, 3.63) is 89.5 Å². The summed E-state index contributed by atoms with van der Waals surface area (Å²) >= 11 is 0. The molecule has 1 spiro atoms. The molecule has 0 saturated carbocycles. The SMILES string of the molecule is Cc1ccc(C)c(N2CC=C[C@]34O[C@@H]5/C=C\CCC(=O)NC[C@@H](c6ccccc6)OC(=O)[C@@H]5[C@H]3C(=O)N(CCCO)[C@@H]4C2=O)c1. The summed E-state index contributed by atoms with van der Waals surface area (Å²) in [5.41, 5.74) is 1.92. The summed E-state index contributed by atoms with van der Waals surface area (Å²) in [6.07, 6.45) is 6.39. The van der Waals surface area contributed by atoms with Crippen molar-refractivity contribution in [2.24, 2.45) is 11.8 Å². The van der Waals surface area contributed by atoms with Gasteiger partial charge in [-0.3, -0.25) is 19.2 Å². The molecule has 2 saturated heterocycles. The Balaban J connectivity index is 1.43. The third kappa shape index (κ3) is 5.57. The molecule has 10 nitrogen and oxygen atoms in total. The van der Waals surface area contributed by atoms with Gasteiger partial charge in [-0.15, -0.1) is 0 Å². The predicted molar refractivity (Wildman–Crippen MR) is 166 cm³/mol. The number of allylic oxidation sites excluding steroid dienone is 1. The Bertz CT molecular complexity index is 1540. The van der Waals surface area contributed by atoms with Crippen LogP contribution in [0.1, 0.15) is 42.1 Å². The van der Waals surface area contributed by atoms with Crippen molar-refractivity contribution in [3.8, 4) is 0 Å². The standard InChI is InChI=1S/C35H39N3O7/c1-22-14-15-23(2)25(20-22)37-17-8-16-35-30(32(41)38(18-9-19-39)31(35)33(37)42)29-26(45-35)12-6-7-13-28(40)36-21-27(44-34(29)43)24-10-4-3-5-11-24/h3-6,8,10-12,14-16,20,26-27,29-31,39H,7,9,13,17-19,21H2,1-2H3,(H,36,40)/b12-6-/t26-,27+,29+,30+,31-,35+/m1/s1. The number of nitrogens with one attached hydrogen (secondary N) is 1. The summed E-state index contributed by atoms with van der Waals surface area (Å²) in [5, 5.41) is 12.6. The minimum Gasteiger partial charge on any atom is -0.455 e. The minimum absolute atomic E-state index is 0.0781. The molecule has 4 aliphatic heterocycles. The van der Waals surface area contributed by atoms with Gasteiger partial charge in [0.1, 0.15) is 23.7 Å². The van der Waals surface area contributed by atoms with Gasteiger partial charge in [0.2, 0.25) is 11.8 Å². The van der Waals surface area contributed by atoms with Crippen molar-refractivity contribution < 1.29 is 33.8 Å². The van der Waals surface area contributed by atoms with E-state index in [1.165, 1.54) is 4.90 Å². The number of ether oxygens (including phenoxy) is 2. The zero-order valence-electron chi connectivity index (χ0n) is 25.6. The molecule has 0 unspecified atom stereocenters. The van der Waals surface area contributed by atoms with Crippen molar-refractivity contribution in [2.45, 2.75) is 57.0 Å². The molecule has 0 bridgehead atoms. The van der Waals surface area contributed by atoms with Crippen LogP contribution in [0.15, 0.2) is 72.8 Å². The largest absolute Gasteiger partial charge is 0.455 e. The Morgan fingerprint density at radius 1 is 1.02 bits per heavy atom. The number of rotatable bonds is 5. The average Bonchev–Trinajstić information content (AvgIpc) is 3.41. The predicted octanol–water partition coefficient (Wildman–Crippen LogP) is 2.92. The molecule has 2 aromatic carbocycles. The minimum atomic E-state index is -1.44. The molecule has 4 heterocycles. The fourth-order valence-electron chi connectivity index (χ4n) is 7.11. The maximum absolute atomic E-state index is 14.6. The van der Waals surface area contributed by atoms with Crippen LogP contribution in [0, 0.1) is 25.7 Å². The van der Waals surface area contributed by atoms with E-state index in [-0.39, 0.29) is 56.8 Å². The monoisotopic (exact) mass is 613 g/mol. The second kappa shape index (κ2) is 12.6. The van der Waals surface area contributed by atoms with Gasteiger partial charge in [-0.25, -0.2) is 0 Å². The Morgan fingerprint density at radius 2 is 1.82 bits per heavy atom.